The number of hydrogen-bond acceptors (Lipinski definition) is 7. The van der Waals surface area contributed by atoms with Crippen molar-refractivity contribution in [1.29, 1.82) is 0 Å². The number of phenols is 1. The van der Waals surface area contributed by atoms with E-state index in [0.29, 0.717) is 28.4 Å². The molecule has 3 N–H and O–H groups in total. The first-order valence-electron chi connectivity index (χ1n) is 8.71. The fraction of sp³-hybridized carbons (Fsp3) is 0.0952. The van der Waals surface area contributed by atoms with Crippen molar-refractivity contribution in [2.45, 2.75) is 6.61 Å². The summed E-state index contributed by atoms with van der Waals surface area (Å²) in [6.45, 7) is 0.0275. The van der Waals surface area contributed by atoms with E-state index in [1.807, 2.05) is 0 Å². The van der Waals surface area contributed by atoms with Gasteiger partial charge in [-0.15, -0.1) is 0 Å². The molecule has 2 aromatic carbocycles. The smallest absolute Gasteiger partial charge is 0.371 e. The number of carboxylic acids is 1. The quantitative estimate of drug-likeness (QED) is 0.384. The van der Waals surface area contributed by atoms with Crippen LogP contribution in [0.4, 0.5) is 0 Å². The average Bonchev–Trinajstić information content (AvgIpc) is 3.22. The predicted octanol–water partition coefficient (Wildman–Crippen LogP) is 3.03. The van der Waals surface area contributed by atoms with Crippen LogP contribution in [0.25, 0.3) is 0 Å². The van der Waals surface area contributed by atoms with E-state index in [2.05, 4.69) is 10.5 Å². The third-order valence-corrected chi connectivity index (χ3v) is 3.94. The number of carbonyl (C=O) groups is 2. The topological polar surface area (TPSA) is 131 Å². The van der Waals surface area contributed by atoms with Gasteiger partial charge in [0.2, 0.25) is 5.76 Å². The summed E-state index contributed by atoms with van der Waals surface area (Å²) in [7, 11) is 1.48. The van der Waals surface area contributed by atoms with Crippen LogP contribution in [0.5, 0.6) is 17.2 Å². The van der Waals surface area contributed by atoms with Gasteiger partial charge in [-0.2, -0.15) is 5.10 Å². The van der Waals surface area contributed by atoms with Crippen molar-refractivity contribution in [1.82, 2.24) is 5.43 Å². The number of phenolic OH excluding ortho intramolecular Hbond substituents is 1. The van der Waals surface area contributed by atoms with Crippen molar-refractivity contribution in [2.75, 3.05) is 7.11 Å². The molecular formula is C21H18N2O7. The van der Waals surface area contributed by atoms with Crippen molar-refractivity contribution >= 4 is 18.1 Å². The number of nitrogens with one attached hydrogen (secondary N) is 1. The van der Waals surface area contributed by atoms with Gasteiger partial charge >= 0.3 is 5.97 Å². The van der Waals surface area contributed by atoms with Gasteiger partial charge in [0.1, 0.15) is 18.1 Å². The van der Waals surface area contributed by atoms with E-state index in [-0.39, 0.29) is 18.1 Å². The summed E-state index contributed by atoms with van der Waals surface area (Å²) in [5.41, 5.74) is 3.40. The summed E-state index contributed by atoms with van der Waals surface area (Å²) >= 11 is 0. The molecule has 0 saturated carbocycles. The third-order valence-electron chi connectivity index (χ3n) is 3.94. The van der Waals surface area contributed by atoms with Gasteiger partial charge in [-0.1, -0.05) is 0 Å². The lowest BCUT2D eigenvalue weighted by Crippen LogP contribution is -2.17. The molecule has 0 unspecified atom stereocenters. The van der Waals surface area contributed by atoms with E-state index in [1.54, 1.807) is 18.2 Å². The molecule has 1 heterocycles. The number of ether oxygens (including phenoxy) is 2. The second-order valence-electron chi connectivity index (χ2n) is 6.02. The van der Waals surface area contributed by atoms with Gasteiger partial charge in [0.25, 0.3) is 5.91 Å². The summed E-state index contributed by atoms with van der Waals surface area (Å²) in [6, 6.07) is 13.7. The van der Waals surface area contributed by atoms with Crippen molar-refractivity contribution in [3.8, 4) is 17.2 Å². The van der Waals surface area contributed by atoms with Gasteiger partial charge in [0.15, 0.2) is 11.5 Å². The molecule has 1 amide bonds. The van der Waals surface area contributed by atoms with Crippen molar-refractivity contribution in [3.63, 3.8) is 0 Å². The molecule has 3 aromatic rings. The Labute approximate surface area is 171 Å². The van der Waals surface area contributed by atoms with E-state index >= 15 is 0 Å². The summed E-state index contributed by atoms with van der Waals surface area (Å²) in [4.78, 5) is 22.8. The summed E-state index contributed by atoms with van der Waals surface area (Å²) in [5.74, 6) is -0.459. The first-order valence-corrected chi connectivity index (χ1v) is 8.71. The highest BCUT2D eigenvalue weighted by Crippen LogP contribution is 2.28. The van der Waals surface area contributed by atoms with E-state index in [0.717, 1.165) is 0 Å². The Kier molecular flexibility index (Phi) is 6.33. The minimum atomic E-state index is -1.15. The molecule has 0 radical (unpaired) electrons. The number of furan rings is 1. The first-order chi connectivity index (χ1) is 14.5. The molecule has 0 aliphatic carbocycles. The van der Waals surface area contributed by atoms with E-state index in [1.165, 1.54) is 49.7 Å². The van der Waals surface area contributed by atoms with Crippen molar-refractivity contribution in [2.24, 2.45) is 5.10 Å². The molecular weight excluding hydrogens is 392 g/mol. The molecule has 9 heteroatoms. The number of aromatic hydroxyl groups is 1. The lowest BCUT2D eigenvalue weighted by Gasteiger charge is -2.10. The number of benzene rings is 2. The molecule has 0 fully saturated rings. The number of hydrazone groups is 1. The van der Waals surface area contributed by atoms with Crippen LogP contribution in [-0.2, 0) is 6.61 Å². The molecule has 3 rings (SSSR count). The number of hydrogen-bond donors (Lipinski definition) is 3. The van der Waals surface area contributed by atoms with Gasteiger partial charge in [0.05, 0.1) is 13.3 Å². The number of carbonyl (C=O) groups excluding carboxylic acids is 1. The zero-order valence-corrected chi connectivity index (χ0v) is 15.9. The Balaban J connectivity index is 1.61. The highest BCUT2D eigenvalue weighted by Gasteiger charge is 2.11. The maximum Gasteiger partial charge on any atom is 0.371 e. The van der Waals surface area contributed by atoms with Crippen LogP contribution in [0.2, 0.25) is 0 Å². The zero-order valence-electron chi connectivity index (χ0n) is 15.9. The molecule has 30 heavy (non-hydrogen) atoms. The second kappa shape index (κ2) is 9.28. The minimum absolute atomic E-state index is 0.0275. The third kappa shape index (κ3) is 5.16. The van der Waals surface area contributed by atoms with Gasteiger partial charge in [-0.3, -0.25) is 4.79 Å². The van der Waals surface area contributed by atoms with Crippen LogP contribution in [-0.4, -0.2) is 35.4 Å². The molecule has 0 aliphatic heterocycles. The molecule has 0 spiro atoms. The number of amides is 1. The van der Waals surface area contributed by atoms with Crippen molar-refractivity contribution in [3.05, 3.63) is 77.2 Å². The molecule has 0 atom stereocenters. The SMILES string of the molecule is COc1cc(C=NNC(=O)c2ccc(O)cc2)ccc1OCc1ccc(C(=O)O)o1. The Morgan fingerprint density at radius 2 is 1.87 bits per heavy atom. The fourth-order valence-electron chi connectivity index (χ4n) is 2.45. The molecule has 154 valence electrons. The second-order valence-corrected chi connectivity index (χ2v) is 6.02. The molecule has 1 aromatic heterocycles. The van der Waals surface area contributed by atoms with Gasteiger partial charge < -0.3 is 24.1 Å². The van der Waals surface area contributed by atoms with Gasteiger partial charge in [0, 0.05) is 5.56 Å². The van der Waals surface area contributed by atoms with Crippen molar-refractivity contribution < 1.29 is 33.7 Å². The normalized spacial score (nSPS) is 10.7. The van der Waals surface area contributed by atoms with Crippen LogP contribution in [0.1, 0.15) is 32.2 Å². The largest absolute Gasteiger partial charge is 0.508 e. The maximum absolute atomic E-state index is 12.0. The minimum Gasteiger partial charge on any atom is -0.508 e. The Morgan fingerprint density at radius 3 is 2.53 bits per heavy atom. The van der Waals surface area contributed by atoms with Crippen LogP contribution < -0.4 is 14.9 Å². The fourth-order valence-corrected chi connectivity index (χ4v) is 2.45. The summed E-state index contributed by atoms with van der Waals surface area (Å²) in [6.07, 6.45) is 1.44. The van der Waals surface area contributed by atoms with Crippen LogP contribution in [0, 0.1) is 0 Å². The lowest BCUT2D eigenvalue weighted by molar-refractivity contribution is 0.0657. The lowest BCUT2D eigenvalue weighted by atomic mass is 10.2. The first kappa shape index (κ1) is 20.5. The monoisotopic (exact) mass is 410 g/mol. The molecule has 0 bridgehead atoms. The zero-order chi connectivity index (χ0) is 21.5. The number of rotatable bonds is 8. The molecule has 9 nitrogen and oxygen atoms in total. The number of carboxylic acid groups (broad SMARTS) is 1. The molecule has 0 aliphatic rings. The van der Waals surface area contributed by atoms with E-state index < -0.39 is 11.9 Å². The Bertz CT molecular complexity index is 1070. The van der Waals surface area contributed by atoms with Crippen LogP contribution >= 0.6 is 0 Å². The Hall–Kier alpha value is -4.27. The van der Waals surface area contributed by atoms with Crippen LogP contribution in [0.3, 0.4) is 0 Å². The number of aromatic carboxylic acids is 1. The summed E-state index contributed by atoms with van der Waals surface area (Å²) in [5, 5.41) is 22.0. The molecule has 0 saturated heterocycles. The number of methoxy groups -OCH3 is 1. The highest BCUT2D eigenvalue weighted by molar-refractivity contribution is 5.95. The van der Waals surface area contributed by atoms with E-state index in [4.69, 9.17) is 19.0 Å². The average molecular weight is 410 g/mol. The maximum atomic E-state index is 12.0. The van der Waals surface area contributed by atoms with Gasteiger partial charge in [-0.25, -0.2) is 10.2 Å². The standard InChI is InChI=1S/C21H18N2O7/c1-28-19-10-13(11-22-23-20(25)14-3-5-15(24)6-4-14)2-8-17(19)29-12-16-7-9-18(30-16)21(26)27/h2-11,24H,12H2,1H3,(H,23,25)(H,26,27). The van der Waals surface area contributed by atoms with Crippen LogP contribution in [0.15, 0.2) is 64.1 Å². The summed E-state index contributed by atoms with van der Waals surface area (Å²) < 4.78 is 16.1. The van der Waals surface area contributed by atoms with E-state index in [9.17, 15) is 14.7 Å². The Morgan fingerprint density at radius 1 is 1.10 bits per heavy atom. The predicted molar refractivity (Wildman–Crippen MR) is 106 cm³/mol. The number of nitrogens with zero attached hydrogens (tertiary/aromatic N) is 1. The van der Waals surface area contributed by atoms with Gasteiger partial charge in [-0.05, 0) is 60.2 Å². The highest BCUT2D eigenvalue weighted by atomic mass is 16.5.